The lowest BCUT2D eigenvalue weighted by molar-refractivity contribution is 0.0827. The zero-order valence-electron chi connectivity index (χ0n) is 14.7. The van der Waals surface area contributed by atoms with Gasteiger partial charge in [-0.3, -0.25) is 0 Å². The molecule has 0 aromatic heterocycles. The monoisotopic (exact) mass is 329 g/mol. The highest BCUT2D eigenvalue weighted by Crippen LogP contribution is 2.21. The van der Waals surface area contributed by atoms with Gasteiger partial charge in [0.15, 0.2) is 0 Å². The zero-order chi connectivity index (χ0) is 17.4. The molecule has 4 nitrogen and oxygen atoms in total. The number of benzene rings is 2. The zero-order valence-corrected chi connectivity index (χ0v) is 14.7. The van der Waals surface area contributed by atoms with Gasteiger partial charge >= 0.3 is 0 Å². The van der Waals surface area contributed by atoms with Crippen LogP contribution >= 0.6 is 0 Å². The summed E-state index contributed by atoms with van der Waals surface area (Å²) in [6, 6.07) is 16.2. The van der Waals surface area contributed by atoms with Gasteiger partial charge in [0.25, 0.3) is 0 Å². The molecule has 2 rings (SSSR count). The number of para-hydroxylation sites is 1. The van der Waals surface area contributed by atoms with Gasteiger partial charge in [-0.2, -0.15) is 0 Å². The Labute approximate surface area is 144 Å². The summed E-state index contributed by atoms with van der Waals surface area (Å²) in [5.41, 5.74) is 2.42. The van der Waals surface area contributed by atoms with Gasteiger partial charge in [-0.1, -0.05) is 30.3 Å². The summed E-state index contributed by atoms with van der Waals surface area (Å²) in [5.74, 6) is 1.72. The fourth-order valence-corrected chi connectivity index (χ4v) is 2.58. The highest BCUT2D eigenvalue weighted by atomic mass is 16.5. The molecule has 0 heterocycles. The molecule has 0 spiro atoms. The lowest BCUT2D eigenvalue weighted by atomic mass is 10.0. The van der Waals surface area contributed by atoms with E-state index < -0.39 is 6.10 Å². The van der Waals surface area contributed by atoms with Crippen molar-refractivity contribution in [3.63, 3.8) is 0 Å². The second kappa shape index (κ2) is 9.30. The smallest absolute Gasteiger partial charge is 0.122 e. The molecule has 0 unspecified atom stereocenters. The Bertz CT molecular complexity index is 611. The van der Waals surface area contributed by atoms with E-state index in [4.69, 9.17) is 9.47 Å². The number of nitrogens with zero attached hydrogens (tertiary/aromatic N) is 1. The van der Waals surface area contributed by atoms with Crippen molar-refractivity contribution in [2.24, 2.45) is 0 Å². The fraction of sp³-hybridized carbons (Fsp3) is 0.400. The van der Waals surface area contributed by atoms with E-state index in [2.05, 4.69) is 18.2 Å². The molecule has 1 N–H and O–H groups in total. The predicted molar refractivity (Wildman–Crippen MR) is 96.9 cm³/mol. The quantitative estimate of drug-likeness (QED) is 0.768. The Morgan fingerprint density at radius 1 is 1.00 bits per heavy atom. The van der Waals surface area contributed by atoms with E-state index in [9.17, 15) is 5.11 Å². The van der Waals surface area contributed by atoms with E-state index in [-0.39, 0.29) is 0 Å². The van der Waals surface area contributed by atoms with E-state index >= 15 is 0 Å². The minimum atomic E-state index is -0.491. The summed E-state index contributed by atoms with van der Waals surface area (Å²) < 4.78 is 11.0. The SMILES string of the molecule is COc1ccc(CCc2ccccc2OC[C@@H](O)CN(C)C)cc1. The maximum Gasteiger partial charge on any atom is 0.122 e. The number of hydrogen-bond acceptors (Lipinski definition) is 4. The first-order valence-electron chi connectivity index (χ1n) is 8.25. The molecule has 0 fully saturated rings. The molecule has 0 saturated heterocycles. The Kier molecular flexibility index (Phi) is 7.09. The molecule has 4 heteroatoms. The summed E-state index contributed by atoms with van der Waals surface area (Å²) in [7, 11) is 5.55. The molecule has 0 aliphatic rings. The number of methoxy groups -OCH3 is 1. The van der Waals surface area contributed by atoms with Crippen molar-refractivity contribution in [3.8, 4) is 11.5 Å². The lowest BCUT2D eigenvalue weighted by Crippen LogP contribution is -2.30. The number of ether oxygens (including phenoxy) is 2. The van der Waals surface area contributed by atoms with Crippen LogP contribution in [0, 0.1) is 0 Å². The molecule has 24 heavy (non-hydrogen) atoms. The van der Waals surface area contributed by atoms with Gasteiger partial charge < -0.3 is 19.5 Å². The second-order valence-electron chi connectivity index (χ2n) is 6.18. The van der Waals surface area contributed by atoms with Crippen LogP contribution in [0.1, 0.15) is 11.1 Å². The van der Waals surface area contributed by atoms with Crippen LogP contribution in [0.5, 0.6) is 11.5 Å². The third kappa shape index (κ3) is 5.87. The molecule has 0 bridgehead atoms. The van der Waals surface area contributed by atoms with Gasteiger partial charge in [0, 0.05) is 6.54 Å². The Hall–Kier alpha value is -2.04. The molecular weight excluding hydrogens is 302 g/mol. The van der Waals surface area contributed by atoms with Crippen LogP contribution in [0.15, 0.2) is 48.5 Å². The van der Waals surface area contributed by atoms with Gasteiger partial charge in [0.2, 0.25) is 0 Å². The molecular formula is C20H27NO3. The van der Waals surface area contributed by atoms with Crippen molar-refractivity contribution in [3.05, 3.63) is 59.7 Å². The summed E-state index contributed by atoms with van der Waals surface area (Å²) in [4.78, 5) is 1.95. The summed E-state index contributed by atoms with van der Waals surface area (Å²) in [6.45, 7) is 0.895. The average molecular weight is 329 g/mol. The first kappa shape index (κ1) is 18.3. The fourth-order valence-electron chi connectivity index (χ4n) is 2.58. The van der Waals surface area contributed by atoms with Crippen LogP contribution in [-0.4, -0.2) is 50.5 Å². The van der Waals surface area contributed by atoms with Gasteiger partial charge in [0.1, 0.15) is 24.2 Å². The van der Waals surface area contributed by atoms with Crippen molar-refractivity contribution in [2.45, 2.75) is 18.9 Å². The number of hydrogen-bond donors (Lipinski definition) is 1. The third-order valence-corrected chi connectivity index (χ3v) is 3.82. The van der Waals surface area contributed by atoms with Crippen molar-refractivity contribution in [2.75, 3.05) is 34.4 Å². The van der Waals surface area contributed by atoms with Gasteiger partial charge in [0.05, 0.1) is 7.11 Å². The van der Waals surface area contributed by atoms with Crippen LogP contribution in [0.4, 0.5) is 0 Å². The number of aliphatic hydroxyl groups excluding tert-OH is 1. The summed E-state index contributed by atoms with van der Waals surface area (Å²) >= 11 is 0. The molecule has 0 radical (unpaired) electrons. The normalized spacial score (nSPS) is 12.2. The number of aryl methyl sites for hydroxylation is 2. The van der Waals surface area contributed by atoms with Crippen LogP contribution < -0.4 is 9.47 Å². The van der Waals surface area contributed by atoms with E-state index in [1.807, 2.05) is 49.3 Å². The predicted octanol–water partition coefficient (Wildman–Crippen LogP) is 2.78. The lowest BCUT2D eigenvalue weighted by Gasteiger charge is -2.18. The highest BCUT2D eigenvalue weighted by molar-refractivity contribution is 5.35. The first-order valence-corrected chi connectivity index (χ1v) is 8.25. The number of likely N-dealkylation sites (N-methyl/N-ethyl adjacent to an activating group) is 1. The molecule has 1 atom stereocenters. The number of aliphatic hydroxyl groups is 1. The average Bonchev–Trinajstić information content (AvgIpc) is 2.58. The van der Waals surface area contributed by atoms with Crippen LogP contribution in [-0.2, 0) is 12.8 Å². The maximum absolute atomic E-state index is 9.95. The van der Waals surface area contributed by atoms with Crippen molar-refractivity contribution in [1.82, 2.24) is 4.90 Å². The molecule has 2 aromatic carbocycles. The molecule has 130 valence electrons. The van der Waals surface area contributed by atoms with Gasteiger partial charge in [-0.25, -0.2) is 0 Å². The van der Waals surface area contributed by atoms with Crippen molar-refractivity contribution in [1.29, 1.82) is 0 Å². The van der Waals surface area contributed by atoms with E-state index in [0.29, 0.717) is 13.2 Å². The molecule has 0 aliphatic carbocycles. The molecule has 2 aromatic rings. The summed E-state index contributed by atoms with van der Waals surface area (Å²) in [6.07, 6.45) is 1.34. The maximum atomic E-state index is 9.95. The van der Waals surface area contributed by atoms with Crippen molar-refractivity contribution < 1.29 is 14.6 Å². The van der Waals surface area contributed by atoms with E-state index in [0.717, 1.165) is 29.9 Å². The minimum absolute atomic E-state index is 0.303. The van der Waals surface area contributed by atoms with Crippen LogP contribution in [0.3, 0.4) is 0 Å². The summed E-state index contributed by atoms with van der Waals surface area (Å²) in [5, 5.41) is 9.95. The molecule has 0 aliphatic heterocycles. The van der Waals surface area contributed by atoms with E-state index in [1.54, 1.807) is 7.11 Å². The standard InChI is InChI=1S/C20H27NO3/c1-21(2)14-18(22)15-24-20-7-5-4-6-17(20)11-8-16-9-12-19(23-3)13-10-16/h4-7,9-10,12-13,18,22H,8,11,14-15H2,1-3H3/t18-/m0/s1. The first-order chi connectivity index (χ1) is 11.6. The minimum Gasteiger partial charge on any atom is -0.497 e. The second-order valence-corrected chi connectivity index (χ2v) is 6.18. The Morgan fingerprint density at radius 3 is 2.38 bits per heavy atom. The van der Waals surface area contributed by atoms with Gasteiger partial charge in [-0.15, -0.1) is 0 Å². The third-order valence-electron chi connectivity index (χ3n) is 3.82. The topological polar surface area (TPSA) is 41.9 Å². The molecule has 0 amide bonds. The van der Waals surface area contributed by atoms with Crippen LogP contribution in [0.25, 0.3) is 0 Å². The number of rotatable bonds is 9. The largest absolute Gasteiger partial charge is 0.497 e. The Balaban J connectivity index is 1.92. The Morgan fingerprint density at radius 2 is 1.71 bits per heavy atom. The highest BCUT2D eigenvalue weighted by Gasteiger charge is 2.09. The van der Waals surface area contributed by atoms with E-state index in [1.165, 1.54) is 5.56 Å². The molecule has 0 saturated carbocycles. The van der Waals surface area contributed by atoms with Crippen LogP contribution in [0.2, 0.25) is 0 Å². The van der Waals surface area contributed by atoms with Gasteiger partial charge in [-0.05, 0) is 56.3 Å². The van der Waals surface area contributed by atoms with Crippen molar-refractivity contribution >= 4 is 0 Å².